The molecule has 1 amide bonds. The number of amides is 1. The molecule has 1 fully saturated rings. The molecule has 98 valence electrons. The highest BCUT2D eigenvalue weighted by atomic mass is 16.3. The van der Waals surface area contributed by atoms with Crippen molar-refractivity contribution in [2.75, 3.05) is 25.0 Å². The van der Waals surface area contributed by atoms with Crippen LogP contribution in [-0.2, 0) is 0 Å². The second-order valence-electron chi connectivity index (χ2n) is 4.30. The number of β-amino-alcohol motifs (C(OH)–C–C–N with tert-alkyl or cyclic N) is 2. The van der Waals surface area contributed by atoms with E-state index in [4.69, 9.17) is 0 Å². The normalized spacial score (nSPS) is 23.2. The van der Waals surface area contributed by atoms with Gasteiger partial charge < -0.3 is 20.4 Å². The molecule has 0 spiro atoms. The van der Waals surface area contributed by atoms with Crippen LogP contribution in [0.4, 0.5) is 5.69 Å². The van der Waals surface area contributed by atoms with Crippen LogP contribution >= 0.6 is 0 Å². The summed E-state index contributed by atoms with van der Waals surface area (Å²) in [6.45, 7) is 3.02. The lowest BCUT2D eigenvalue weighted by Gasteiger charge is -2.15. The highest BCUT2D eigenvalue weighted by molar-refractivity contribution is 5.93. The van der Waals surface area contributed by atoms with E-state index in [1.54, 1.807) is 18.3 Å². The lowest BCUT2D eigenvalue weighted by molar-refractivity contribution is 0.0572. The Morgan fingerprint density at radius 2 is 2.17 bits per heavy atom. The Labute approximate surface area is 105 Å². The molecule has 1 saturated heterocycles. The Hall–Kier alpha value is -1.66. The molecule has 0 bridgehead atoms. The number of aliphatic hydroxyl groups is 2. The number of hydrogen-bond acceptors (Lipinski definition) is 5. The molecule has 6 nitrogen and oxygen atoms in total. The van der Waals surface area contributed by atoms with E-state index in [1.165, 1.54) is 4.90 Å². The van der Waals surface area contributed by atoms with Crippen LogP contribution in [0.2, 0.25) is 0 Å². The molecular weight excluding hydrogens is 234 g/mol. The minimum atomic E-state index is -0.870. The van der Waals surface area contributed by atoms with Gasteiger partial charge in [-0.3, -0.25) is 9.78 Å². The molecule has 1 aromatic rings. The van der Waals surface area contributed by atoms with Crippen molar-refractivity contribution in [1.82, 2.24) is 9.88 Å². The summed E-state index contributed by atoms with van der Waals surface area (Å²) < 4.78 is 0. The van der Waals surface area contributed by atoms with Crippen LogP contribution in [0.3, 0.4) is 0 Å². The average Bonchev–Trinajstić information content (AvgIpc) is 2.69. The Balaban J connectivity index is 2.11. The van der Waals surface area contributed by atoms with Crippen LogP contribution in [0.25, 0.3) is 0 Å². The van der Waals surface area contributed by atoms with Gasteiger partial charge in [-0.15, -0.1) is 0 Å². The number of anilines is 1. The first-order chi connectivity index (χ1) is 8.61. The van der Waals surface area contributed by atoms with Crippen LogP contribution < -0.4 is 5.32 Å². The number of nitrogens with one attached hydrogen (secondary N) is 1. The van der Waals surface area contributed by atoms with Gasteiger partial charge in [0.15, 0.2) is 0 Å². The zero-order valence-corrected chi connectivity index (χ0v) is 10.2. The first-order valence-corrected chi connectivity index (χ1v) is 5.97. The zero-order valence-electron chi connectivity index (χ0n) is 10.2. The van der Waals surface area contributed by atoms with E-state index < -0.39 is 12.2 Å². The second kappa shape index (κ2) is 5.32. The summed E-state index contributed by atoms with van der Waals surface area (Å²) in [6, 6.07) is 3.46. The monoisotopic (exact) mass is 251 g/mol. The maximum Gasteiger partial charge on any atom is 0.272 e. The molecule has 1 aliphatic heterocycles. The van der Waals surface area contributed by atoms with Gasteiger partial charge in [-0.2, -0.15) is 0 Å². The van der Waals surface area contributed by atoms with Gasteiger partial charge in [0.25, 0.3) is 5.91 Å². The van der Waals surface area contributed by atoms with E-state index in [1.807, 2.05) is 6.92 Å². The number of carbonyl (C=O) groups excluding carboxylic acids is 1. The van der Waals surface area contributed by atoms with Gasteiger partial charge in [0.1, 0.15) is 5.69 Å². The highest BCUT2D eigenvalue weighted by Crippen LogP contribution is 2.15. The van der Waals surface area contributed by atoms with E-state index in [0.717, 1.165) is 12.2 Å². The molecule has 6 heteroatoms. The molecular formula is C12H17N3O3. The van der Waals surface area contributed by atoms with Gasteiger partial charge in [0.2, 0.25) is 0 Å². The third-order valence-electron chi connectivity index (χ3n) is 2.91. The van der Waals surface area contributed by atoms with Gasteiger partial charge in [0, 0.05) is 31.5 Å². The van der Waals surface area contributed by atoms with Crippen LogP contribution in [0.5, 0.6) is 0 Å². The molecule has 0 aliphatic carbocycles. The van der Waals surface area contributed by atoms with Crippen molar-refractivity contribution in [3.63, 3.8) is 0 Å². The van der Waals surface area contributed by atoms with Crippen molar-refractivity contribution in [3.8, 4) is 0 Å². The summed E-state index contributed by atoms with van der Waals surface area (Å²) in [5.74, 6) is -0.273. The van der Waals surface area contributed by atoms with Crippen molar-refractivity contribution in [2.24, 2.45) is 0 Å². The molecule has 0 saturated carbocycles. The van der Waals surface area contributed by atoms with E-state index in [2.05, 4.69) is 10.3 Å². The fourth-order valence-electron chi connectivity index (χ4n) is 1.96. The molecule has 1 aromatic heterocycles. The lowest BCUT2D eigenvalue weighted by Crippen LogP contribution is -2.30. The maximum atomic E-state index is 12.1. The lowest BCUT2D eigenvalue weighted by atomic mass is 10.3. The summed E-state index contributed by atoms with van der Waals surface area (Å²) >= 11 is 0. The SMILES string of the molecule is CCNc1ccnc(C(=O)N2CC(O)C(O)C2)c1. The number of nitrogens with zero attached hydrogens (tertiary/aromatic N) is 2. The van der Waals surface area contributed by atoms with Crippen molar-refractivity contribution in [1.29, 1.82) is 0 Å². The minimum Gasteiger partial charge on any atom is -0.388 e. The first-order valence-electron chi connectivity index (χ1n) is 5.97. The predicted octanol–water partition coefficient (Wildman–Crippen LogP) is -0.309. The highest BCUT2D eigenvalue weighted by Gasteiger charge is 2.33. The fraction of sp³-hybridized carbons (Fsp3) is 0.500. The molecule has 2 heterocycles. The Morgan fingerprint density at radius 1 is 1.50 bits per heavy atom. The van der Waals surface area contributed by atoms with Crippen molar-refractivity contribution >= 4 is 11.6 Å². The number of rotatable bonds is 3. The Bertz CT molecular complexity index is 428. The van der Waals surface area contributed by atoms with Crippen LogP contribution in [-0.4, -0.2) is 57.8 Å². The van der Waals surface area contributed by atoms with Crippen LogP contribution in [0.1, 0.15) is 17.4 Å². The maximum absolute atomic E-state index is 12.1. The molecule has 3 N–H and O–H groups in total. The topological polar surface area (TPSA) is 85.7 Å². The third-order valence-corrected chi connectivity index (χ3v) is 2.91. The smallest absolute Gasteiger partial charge is 0.272 e. The number of likely N-dealkylation sites (tertiary alicyclic amines) is 1. The van der Waals surface area contributed by atoms with Gasteiger partial charge in [-0.05, 0) is 19.1 Å². The minimum absolute atomic E-state index is 0.146. The molecule has 0 aromatic carbocycles. The van der Waals surface area contributed by atoms with Crippen LogP contribution in [0, 0.1) is 0 Å². The number of hydrogen-bond donors (Lipinski definition) is 3. The van der Waals surface area contributed by atoms with Crippen molar-refractivity contribution in [2.45, 2.75) is 19.1 Å². The number of aliphatic hydroxyl groups excluding tert-OH is 2. The fourth-order valence-corrected chi connectivity index (χ4v) is 1.96. The van der Waals surface area contributed by atoms with E-state index >= 15 is 0 Å². The number of pyridine rings is 1. The summed E-state index contributed by atoms with van der Waals surface area (Å²) in [7, 11) is 0. The summed E-state index contributed by atoms with van der Waals surface area (Å²) in [4.78, 5) is 17.5. The van der Waals surface area contributed by atoms with Gasteiger partial charge >= 0.3 is 0 Å². The average molecular weight is 251 g/mol. The van der Waals surface area contributed by atoms with E-state index in [0.29, 0.717) is 5.69 Å². The van der Waals surface area contributed by atoms with Gasteiger partial charge in [0.05, 0.1) is 12.2 Å². The molecule has 18 heavy (non-hydrogen) atoms. The van der Waals surface area contributed by atoms with Crippen molar-refractivity contribution < 1.29 is 15.0 Å². The largest absolute Gasteiger partial charge is 0.388 e. The number of carbonyl (C=O) groups is 1. The standard InChI is InChI=1S/C12H17N3O3/c1-2-13-8-3-4-14-9(5-8)12(18)15-6-10(16)11(17)7-15/h3-5,10-11,16-17H,2,6-7H2,1H3,(H,13,14). The third kappa shape index (κ3) is 2.60. The first kappa shape index (κ1) is 12.8. The molecule has 1 aliphatic rings. The Morgan fingerprint density at radius 3 is 2.78 bits per heavy atom. The van der Waals surface area contributed by atoms with Crippen molar-refractivity contribution in [3.05, 3.63) is 24.0 Å². The Kier molecular flexibility index (Phi) is 3.78. The summed E-state index contributed by atoms with van der Waals surface area (Å²) in [6.07, 6.45) is -0.175. The van der Waals surface area contributed by atoms with Gasteiger partial charge in [-0.25, -0.2) is 0 Å². The van der Waals surface area contributed by atoms with Crippen LogP contribution in [0.15, 0.2) is 18.3 Å². The zero-order chi connectivity index (χ0) is 13.1. The van der Waals surface area contributed by atoms with Gasteiger partial charge in [-0.1, -0.05) is 0 Å². The number of aromatic nitrogens is 1. The molecule has 0 radical (unpaired) electrons. The summed E-state index contributed by atoms with van der Waals surface area (Å²) in [5, 5.41) is 22.0. The molecule has 2 atom stereocenters. The molecule has 2 rings (SSSR count). The van der Waals surface area contributed by atoms with E-state index in [-0.39, 0.29) is 19.0 Å². The summed E-state index contributed by atoms with van der Waals surface area (Å²) in [5.41, 5.74) is 1.14. The predicted molar refractivity (Wildman–Crippen MR) is 66.3 cm³/mol. The van der Waals surface area contributed by atoms with E-state index in [9.17, 15) is 15.0 Å². The quantitative estimate of drug-likeness (QED) is 0.686. The molecule has 2 unspecified atom stereocenters. The second-order valence-corrected chi connectivity index (χ2v) is 4.30.